The molecular formula is C13H19ClO3. The van der Waals surface area contributed by atoms with E-state index in [1.807, 2.05) is 6.92 Å². The Labute approximate surface area is 107 Å². The molecule has 0 amide bonds. The van der Waals surface area contributed by atoms with Crippen LogP contribution in [0.15, 0.2) is 18.2 Å². The SMILES string of the molecule is CCOCCCC(O)c1cc(Cl)ccc1OC. The highest BCUT2D eigenvalue weighted by Gasteiger charge is 2.13. The number of benzene rings is 1. The van der Waals surface area contributed by atoms with Crippen molar-refractivity contribution in [2.24, 2.45) is 0 Å². The zero-order valence-electron chi connectivity index (χ0n) is 10.3. The summed E-state index contributed by atoms with van der Waals surface area (Å²) in [5.41, 5.74) is 0.733. The average Bonchev–Trinajstić information content (AvgIpc) is 2.34. The van der Waals surface area contributed by atoms with E-state index >= 15 is 0 Å². The van der Waals surface area contributed by atoms with Gasteiger partial charge in [0.1, 0.15) is 5.75 Å². The van der Waals surface area contributed by atoms with Crippen molar-refractivity contribution < 1.29 is 14.6 Å². The Hall–Kier alpha value is -0.770. The van der Waals surface area contributed by atoms with Crippen LogP contribution in [0.25, 0.3) is 0 Å². The van der Waals surface area contributed by atoms with Crippen molar-refractivity contribution in [2.75, 3.05) is 20.3 Å². The molecule has 1 aromatic rings. The molecule has 0 spiro atoms. The van der Waals surface area contributed by atoms with E-state index < -0.39 is 6.10 Å². The van der Waals surface area contributed by atoms with Gasteiger partial charge in [-0.1, -0.05) is 11.6 Å². The van der Waals surface area contributed by atoms with Gasteiger partial charge in [-0.15, -0.1) is 0 Å². The molecule has 3 nitrogen and oxygen atoms in total. The third-order valence-electron chi connectivity index (χ3n) is 2.52. The number of methoxy groups -OCH3 is 1. The molecule has 96 valence electrons. The van der Waals surface area contributed by atoms with Crippen molar-refractivity contribution in [3.05, 3.63) is 28.8 Å². The lowest BCUT2D eigenvalue weighted by molar-refractivity contribution is 0.113. The van der Waals surface area contributed by atoms with Gasteiger partial charge >= 0.3 is 0 Å². The molecule has 0 aliphatic carbocycles. The van der Waals surface area contributed by atoms with Gasteiger partial charge in [-0.05, 0) is 38.0 Å². The molecule has 0 fully saturated rings. The highest BCUT2D eigenvalue weighted by atomic mass is 35.5. The van der Waals surface area contributed by atoms with Crippen molar-refractivity contribution in [3.8, 4) is 5.75 Å². The Kier molecular flexibility index (Phi) is 6.34. The summed E-state index contributed by atoms with van der Waals surface area (Å²) in [6.45, 7) is 3.32. The lowest BCUT2D eigenvalue weighted by Crippen LogP contribution is -2.03. The molecule has 0 bridgehead atoms. The largest absolute Gasteiger partial charge is 0.496 e. The molecule has 0 radical (unpaired) electrons. The maximum atomic E-state index is 10.1. The van der Waals surface area contributed by atoms with Crippen LogP contribution in [0.3, 0.4) is 0 Å². The fraction of sp³-hybridized carbons (Fsp3) is 0.538. The first-order valence-corrected chi connectivity index (χ1v) is 6.16. The summed E-state index contributed by atoms with van der Waals surface area (Å²) in [7, 11) is 1.58. The van der Waals surface area contributed by atoms with Crippen molar-refractivity contribution in [3.63, 3.8) is 0 Å². The Morgan fingerprint density at radius 1 is 1.41 bits per heavy atom. The maximum absolute atomic E-state index is 10.1. The van der Waals surface area contributed by atoms with Crippen LogP contribution in [0.1, 0.15) is 31.4 Å². The number of aliphatic hydroxyl groups excluding tert-OH is 1. The average molecular weight is 259 g/mol. The Morgan fingerprint density at radius 2 is 2.18 bits per heavy atom. The van der Waals surface area contributed by atoms with Crippen LogP contribution in [0.4, 0.5) is 0 Å². The standard InChI is InChI=1S/C13H19ClO3/c1-3-17-8-4-5-12(15)11-9-10(14)6-7-13(11)16-2/h6-7,9,12,15H,3-5,8H2,1-2H3. The molecule has 1 unspecified atom stereocenters. The van der Waals surface area contributed by atoms with Crippen molar-refractivity contribution in [1.29, 1.82) is 0 Å². The second-order valence-electron chi connectivity index (χ2n) is 3.74. The van der Waals surface area contributed by atoms with Crippen LogP contribution in [-0.4, -0.2) is 25.4 Å². The zero-order valence-corrected chi connectivity index (χ0v) is 11.0. The highest BCUT2D eigenvalue weighted by Crippen LogP contribution is 2.30. The molecule has 1 aromatic carbocycles. The molecule has 4 heteroatoms. The second kappa shape index (κ2) is 7.54. The van der Waals surface area contributed by atoms with Crippen LogP contribution in [0.2, 0.25) is 5.02 Å². The highest BCUT2D eigenvalue weighted by molar-refractivity contribution is 6.30. The summed E-state index contributed by atoms with van der Waals surface area (Å²) in [4.78, 5) is 0. The Bertz CT molecular complexity index is 341. The van der Waals surface area contributed by atoms with Gasteiger partial charge in [0.2, 0.25) is 0 Å². The van der Waals surface area contributed by atoms with Gasteiger partial charge in [0.05, 0.1) is 13.2 Å². The van der Waals surface area contributed by atoms with Crippen molar-refractivity contribution >= 4 is 11.6 Å². The number of hydrogen-bond donors (Lipinski definition) is 1. The van der Waals surface area contributed by atoms with Crippen molar-refractivity contribution in [1.82, 2.24) is 0 Å². The van der Waals surface area contributed by atoms with Gasteiger partial charge in [-0.3, -0.25) is 0 Å². The minimum atomic E-state index is -0.566. The van der Waals surface area contributed by atoms with Gasteiger partial charge in [0.25, 0.3) is 0 Å². The summed E-state index contributed by atoms with van der Waals surface area (Å²) >= 11 is 5.91. The minimum Gasteiger partial charge on any atom is -0.496 e. The van der Waals surface area contributed by atoms with Crippen LogP contribution in [0.5, 0.6) is 5.75 Å². The Balaban J connectivity index is 2.60. The predicted molar refractivity (Wildman–Crippen MR) is 68.7 cm³/mol. The summed E-state index contributed by atoms with van der Waals surface area (Å²) in [6.07, 6.45) is 0.880. The summed E-state index contributed by atoms with van der Waals surface area (Å²) < 4.78 is 10.4. The molecule has 0 aromatic heterocycles. The maximum Gasteiger partial charge on any atom is 0.124 e. The van der Waals surface area contributed by atoms with Crippen LogP contribution in [0, 0.1) is 0 Å². The fourth-order valence-electron chi connectivity index (χ4n) is 1.64. The smallest absolute Gasteiger partial charge is 0.124 e. The third-order valence-corrected chi connectivity index (χ3v) is 2.76. The topological polar surface area (TPSA) is 38.7 Å². The first kappa shape index (κ1) is 14.3. The monoisotopic (exact) mass is 258 g/mol. The van der Waals surface area contributed by atoms with Gasteiger partial charge in [0.15, 0.2) is 0 Å². The molecule has 1 N–H and O–H groups in total. The molecule has 1 rings (SSSR count). The van der Waals surface area contributed by atoms with E-state index in [0.29, 0.717) is 30.4 Å². The molecule has 0 heterocycles. The lowest BCUT2D eigenvalue weighted by Gasteiger charge is -2.15. The van der Waals surface area contributed by atoms with E-state index in [4.69, 9.17) is 21.1 Å². The van der Waals surface area contributed by atoms with Crippen LogP contribution >= 0.6 is 11.6 Å². The number of hydrogen-bond acceptors (Lipinski definition) is 3. The Morgan fingerprint density at radius 3 is 2.82 bits per heavy atom. The number of aliphatic hydroxyl groups is 1. The van der Waals surface area contributed by atoms with Crippen molar-refractivity contribution in [2.45, 2.75) is 25.9 Å². The van der Waals surface area contributed by atoms with E-state index in [0.717, 1.165) is 12.0 Å². The van der Waals surface area contributed by atoms with E-state index in [1.54, 1.807) is 25.3 Å². The molecule has 0 saturated heterocycles. The van der Waals surface area contributed by atoms with Gasteiger partial charge < -0.3 is 14.6 Å². The predicted octanol–water partition coefficient (Wildman–Crippen LogP) is 3.20. The molecule has 0 saturated carbocycles. The summed E-state index contributed by atoms with van der Waals surface area (Å²) in [6, 6.07) is 5.26. The normalized spacial score (nSPS) is 12.5. The molecule has 1 atom stereocenters. The van der Waals surface area contributed by atoms with Crippen LogP contribution < -0.4 is 4.74 Å². The molecular weight excluding hydrogens is 240 g/mol. The minimum absolute atomic E-state index is 0.566. The van der Waals surface area contributed by atoms with Crippen LogP contribution in [-0.2, 0) is 4.74 Å². The molecule has 0 aliphatic heterocycles. The lowest BCUT2D eigenvalue weighted by atomic mass is 10.0. The number of rotatable bonds is 7. The molecule has 17 heavy (non-hydrogen) atoms. The number of halogens is 1. The van der Waals surface area contributed by atoms with E-state index in [9.17, 15) is 5.11 Å². The summed E-state index contributed by atoms with van der Waals surface area (Å²) in [5, 5.41) is 10.7. The van der Waals surface area contributed by atoms with Gasteiger partial charge in [-0.25, -0.2) is 0 Å². The molecule has 0 aliphatic rings. The van der Waals surface area contributed by atoms with E-state index in [-0.39, 0.29) is 0 Å². The zero-order chi connectivity index (χ0) is 12.7. The van der Waals surface area contributed by atoms with Gasteiger partial charge in [0, 0.05) is 23.8 Å². The first-order valence-electron chi connectivity index (χ1n) is 5.78. The summed E-state index contributed by atoms with van der Waals surface area (Å²) in [5.74, 6) is 0.665. The second-order valence-corrected chi connectivity index (χ2v) is 4.18. The quantitative estimate of drug-likeness (QED) is 0.764. The fourth-order valence-corrected chi connectivity index (χ4v) is 1.82. The number of ether oxygens (including phenoxy) is 2. The third kappa shape index (κ3) is 4.54. The van der Waals surface area contributed by atoms with E-state index in [1.165, 1.54) is 0 Å². The van der Waals surface area contributed by atoms with E-state index in [2.05, 4.69) is 0 Å². The first-order chi connectivity index (χ1) is 8.19. The van der Waals surface area contributed by atoms with Gasteiger partial charge in [-0.2, -0.15) is 0 Å².